The Bertz CT molecular complexity index is 911. The Balaban J connectivity index is 1.76. The van der Waals surface area contributed by atoms with Crippen molar-refractivity contribution in [2.24, 2.45) is 0 Å². The second kappa shape index (κ2) is 8.16. The highest BCUT2D eigenvalue weighted by Gasteiger charge is 2.38. The number of para-hydroxylation sites is 1. The molecule has 0 bridgehead atoms. The first kappa shape index (κ1) is 20.7. The molecular formula is C23H31N3OS. The molecule has 0 fully saturated rings. The number of thioether (sulfide) groups is 1. The first-order valence-electron chi connectivity index (χ1n) is 10.0. The molecule has 3 rings (SSSR count). The Morgan fingerprint density at radius 2 is 1.96 bits per heavy atom. The topological polar surface area (TPSA) is 38.1 Å². The van der Waals surface area contributed by atoms with Gasteiger partial charge in [-0.25, -0.2) is 4.98 Å². The third kappa shape index (κ3) is 3.77. The number of likely N-dealkylation sites (N-methyl/N-ethyl adjacent to an activating group) is 1. The van der Waals surface area contributed by atoms with Crippen LogP contribution in [0.5, 0.6) is 0 Å². The summed E-state index contributed by atoms with van der Waals surface area (Å²) in [5, 5.41) is 0.956. The normalized spacial score (nSPS) is 16.6. The minimum absolute atomic E-state index is 0.132. The van der Waals surface area contributed by atoms with E-state index in [2.05, 4.69) is 60.3 Å². The lowest BCUT2D eigenvalue weighted by Gasteiger charge is -2.23. The number of ketones is 1. The van der Waals surface area contributed by atoms with Crippen molar-refractivity contribution in [3.8, 4) is 0 Å². The maximum absolute atomic E-state index is 12.8. The Morgan fingerprint density at radius 3 is 2.64 bits per heavy atom. The summed E-state index contributed by atoms with van der Waals surface area (Å²) in [4.78, 5) is 19.6. The van der Waals surface area contributed by atoms with Crippen molar-refractivity contribution < 1.29 is 4.79 Å². The van der Waals surface area contributed by atoms with E-state index >= 15 is 0 Å². The molecule has 2 aromatic rings. The first-order valence-corrected chi connectivity index (χ1v) is 11.0. The SMILES string of the molecule is CCCCn1c(SCC(=O)/C=C2/N(C)c3ccccc3C2(C)C)nc(C)c1C. The van der Waals surface area contributed by atoms with Crippen LogP contribution >= 0.6 is 11.8 Å². The number of rotatable bonds is 7. The zero-order chi connectivity index (χ0) is 20.5. The lowest BCUT2D eigenvalue weighted by molar-refractivity contribution is -0.112. The molecule has 28 heavy (non-hydrogen) atoms. The van der Waals surface area contributed by atoms with Crippen LogP contribution in [0.1, 0.15) is 50.6 Å². The minimum Gasteiger partial charge on any atom is -0.347 e. The van der Waals surface area contributed by atoms with Crippen molar-refractivity contribution in [3.05, 3.63) is 53.0 Å². The van der Waals surface area contributed by atoms with Gasteiger partial charge in [-0.05, 0) is 31.9 Å². The molecule has 0 saturated heterocycles. The zero-order valence-corrected chi connectivity index (χ0v) is 18.7. The number of imidazole rings is 1. The van der Waals surface area contributed by atoms with Crippen LogP contribution in [0.2, 0.25) is 0 Å². The van der Waals surface area contributed by atoms with Crippen LogP contribution in [0, 0.1) is 13.8 Å². The van der Waals surface area contributed by atoms with Gasteiger partial charge in [0.1, 0.15) is 0 Å². The monoisotopic (exact) mass is 397 g/mol. The summed E-state index contributed by atoms with van der Waals surface area (Å²) in [5.41, 5.74) is 5.59. The van der Waals surface area contributed by atoms with Crippen LogP contribution in [-0.2, 0) is 16.8 Å². The number of anilines is 1. The molecule has 1 aromatic carbocycles. The van der Waals surface area contributed by atoms with E-state index in [1.165, 1.54) is 16.9 Å². The van der Waals surface area contributed by atoms with E-state index in [4.69, 9.17) is 0 Å². The molecule has 0 amide bonds. The molecular weight excluding hydrogens is 366 g/mol. The number of aromatic nitrogens is 2. The number of aryl methyl sites for hydroxylation is 1. The van der Waals surface area contributed by atoms with E-state index in [0.717, 1.165) is 35.9 Å². The maximum Gasteiger partial charge on any atom is 0.168 e. The zero-order valence-electron chi connectivity index (χ0n) is 17.9. The number of carbonyl (C=O) groups is 1. The smallest absolute Gasteiger partial charge is 0.168 e. The fourth-order valence-corrected chi connectivity index (χ4v) is 4.84. The Morgan fingerprint density at radius 1 is 1.25 bits per heavy atom. The molecule has 5 heteroatoms. The van der Waals surface area contributed by atoms with Gasteiger partial charge in [0.05, 0.1) is 11.4 Å². The van der Waals surface area contributed by atoms with Gasteiger partial charge in [0.2, 0.25) is 0 Å². The summed E-state index contributed by atoms with van der Waals surface area (Å²) in [6, 6.07) is 8.39. The van der Waals surface area contributed by atoms with Crippen LogP contribution in [0.3, 0.4) is 0 Å². The van der Waals surface area contributed by atoms with Crippen molar-refractivity contribution in [1.82, 2.24) is 9.55 Å². The number of hydrogen-bond donors (Lipinski definition) is 0. The second-order valence-electron chi connectivity index (χ2n) is 8.06. The van der Waals surface area contributed by atoms with E-state index in [-0.39, 0.29) is 11.2 Å². The Kier molecular flexibility index (Phi) is 6.04. The van der Waals surface area contributed by atoms with Gasteiger partial charge < -0.3 is 9.47 Å². The molecule has 150 valence electrons. The summed E-state index contributed by atoms with van der Waals surface area (Å²) in [6.07, 6.45) is 4.10. The highest BCUT2D eigenvalue weighted by molar-refractivity contribution is 7.99. The summed E-state index contributed by atoms with van der Waals surface area (Å²) in [7, 11) is 2.05. The largest absolute Gasteiger partial charge is 0.347 e. The Labute approximate surface area is 173 Å². The predicted molar refractivity (Wildman–Crippen MR) is 118 cm³/mol. The van der Waals surface area contributed by atoms with Crippen LogP contribution < -0.4 is 4.90 Å². The van der Waals surface area contributed by atoms with Crippen LogP contribution in [0.15, 0.2) is 41.2 Å². The average molecular weight is 398 g/mol. The molecule has 0 radical (unpaired) electrons. The number of benzene rings is 1. The summed E-state index contributed by atoms with van der Waals surface area (Å²) >= 11 is 1.55. The van der Waals surface area contributed by atoms with Crippen LogP contribution in [-0.4, -0.2) is 28.1 Å². The van der Waals surface area contributed by atoms with Gasteiger partial charge in [0.25, 0.3) is 0 Å². The fraction of sp³-hybridized carbons (Fsp3) is 0.478. The van der Waals surface area contributed by atoms with E-state index in [9.17, 15) is 4.79 Å². The van der Waals surface area contributed by atoms with Gasteiger partial charge in [0, 0.05) is 42.2 Å². The van der Waals surface area contributed by atoms with Crippen LogP contribution in [0.4, 0.5) is 5.69 Å². The fourth-order valence-electron chi connectivity index (χ4n) is 3.90. The van der Waals surface area contributed by atoms with E-state index < -0.39 is 0 Å². The van der Waals surface area contributed by atoms with E-state index in [0.29, 0.717) is 5.75 Å². The number of allylic oxidation sites excluding steroid dienone is 2. The van der Waals surface area contributed by atoms with Gasteiger partial charge in [-0.2, -0.15) is 0 Å². The van der Waals surface area contributed by atoms with Gasteiger partial charge in [-0.3, -0.25) is 4.79 Å². The minimum atomic E-state index is -0.168. The Hall–Kier alpha value is -2.01. The summed E-state index contributed by atoms with van der Waals surface area (Å²) in [5.74, 6) is 0.541. The number of unbranched alkanes of at least 4 members (excludes halogenated alkanes) is 1. The third-order valence-electron chi connectivity index (χ3n) is 5.74. The number of carbonyl (C=O) groups excluding carboxylic acids is 1. The highest BCUT2D eigenvalue weighted by atomic mass is 32.2. The summed E-state index contributed by atoms with van der Waals surface area (Å²) < 4.78 is 2.26. The van der Waals surface area contributed by atoms with Crippen molar-refractivity contribution in [3.63, 3.8) is 0 Å². The molecule has 0 saturated carbocycles. The van der Waals surface area contributed by atoms with Gasteiger partial charge in [-0.15, -0.1) is 0 Å². The highest BCUT2D eigenvalue weighted by Crippen LogP contribution is 2.46. The molecule has 0 aliphatic carbocycles. The molecule has 1 aliphatic rings. The van der Waals surface area contributed by atoms with Crippen LogP contribution in [0.25, 0.3) is 0 Å². The van der Waals surface area contributed by atoms with E-state index in [1.54, 1.807) is 11.8 Å². The molecule has 2 heterocycles. The number of nitrogens with zero attached hydrogens (tertiary/aromatic N) is 3. The third-order valence-corrected chi connectivity index (χ3v) is 6.74. The molecule has 0 atom stereocenters. The average Bonchev–Trinajstić information content (AvgIpc) is 3.04. The van der Waals surface area contributed by atoms with Gasteiger partial charge in [0.15, 0.2) is 10.9 Å². The molecule has 0 spiro atoms. The van der Waals surface area contributed by atoms with Crippen molar-refractivity contribution in [2.75, 3.05) is 17.7 Å². The van der Waals surface area contributed by atoms with Gasteiger partial charge in [-0.1, -0.05) is 57.2 Å². The molecule has 1 aromatic heterocycles. The van der Waals surface area contributed by atoms with Crippen molar-refractivity contribution >= 4 is 23.2 Å². The second-order valence-corrected chi connectivity index (χ2v) is 9.00. The van der Waals surface area contributed by atoms with Crippen molar-refractivity contribution in [2.45, 2.75) is 64.6 Å². The lowest BCUT2D eigenvalue weighted by Crippen LogP contribution is -2.24. The maximum atomic E-state index is 12.8. The molecule has 4 nitrogen and oxygen atoms in total. The number of fused-ring (bicyclic) bond motifs is 1. The van der Waals surface area contributed by atoms with Crippen molar-refractivity contribution in [1.29, 1.82) is 0 Å². The quantitative estimate of drug-likeness (QED) is 0.471. The number of hydrogen-bond acceptors (Lipinski definition) is 4. The predicted octanol–water partition coefficient (Wildman–Crippen LogP) is 5.27. The summed E-state index contributed by atoms with van der Waals surface area (Å²) in [6.45, 7) is 11.7. The standard InChI is InChI=1S/C23H31N3OS/c1-7-8-13-26-17(3)16(2)24-22(26)28-15-18(27)14-21-23(4,5)19-11-9-10-12-20(19)25(21)6/h9-12,14H,7-8,13,15H2,1-6H3/b21-14+. The van der Waals surface area contributed by atoms with Gasteiger partial charge >= 0.3 is 0 Å². The van der Waals surface area contributed by atoms with E-state index in [1.807, 2.05) is 26.1 Å². The molecule has 0 unspecified atom stereocenters. The molecule has 1 aliphatic heterocycles. The molecule has 0 N–H and O–H groups in total. The first-order chi connectivity index (χ1) is 13.3. The lowest BCUT2D eigenvalue weighted by atomic mass is 9.83.